The van der Waals surface area contributed by atoms with Crippen molar-refractivity contribution in [3.63, 3.8) is 0 Å². The lowest BCUT2D eigenvalue weighted by molar-refractivity contribution is 0.00578. The van der Waals surface area contributed by atoms with Gasteiger partial charge in [-0.05, 0) is 45.6 Å². The molecule has 0 saturated carbocycles. The molecule has 0 N–H and O–H groups in total. The highest BCUT2D eigenvalue weighted by Crippen LogP contribution is 2.41. The Labute approximate surface area is 157 Å². The summed E-state index contributed by atoms with van der Waals surface area (Å²) in [6.07, 6.45) is 0.495. The SMILES string of the molecule is CC(C)C[C@H](B1OC(C)(C)C(C)(C)O1)N1C(=O)OC[C@@H]1c1ccccc1. The minimum absolute atomic E-state index is 0.119. The van der Waals surface area contributed by atoms with E-state index in [0.29, 0.717) is 12.5 Å². The fraction of sp³-hybridized carbons (Fsp3) is 0.650. The third-order valence-electron chi connectivity index (χ3n) is 5.75. The Morgan fingerprint density at radius 2 is 1.69 bits per heavy atom. The molecule has 0 unspecified atom stereocenters. The predicted octanol–water partition coefficient (Wildman–Crippen LogP) is 4.23. The molecule has 1 aromatic carbocycles. The standard InChI is InChI=1S/C20H30BNO4/c1-14(2)12-17(21-25-19(3,4)20(5,6)26-21)22-16(13-24-18(22)23)15-10-8-7-9-11-15/h7-11,14,16-17H,12-13H2,1-6H3/t16-,17-/m1/s1. The van der Waals surface area contributed by atoms with Crippen LogP contribution in [-0.2, 0) is 14.0 Å². The number of carbonyl (C=O) groups is 1. The van der Waals surface area contributed by atoms with Crippen molar-refractivity contribution in [3.8, 4) is 0 Å². The highest BCUT2D eigenvalue weighted by molar-refractivity contribution is 6.48. The van der Waals surface area contributed by atoms with Gasteiger partial charge < -0.3 is 14.0 Å². The van der Waals surface area contributed by atoms with Gasteiger partial charge in [-0.2, -0.15) is 0 Å². The molecular formula is C20H30BNO4. The summed E-state index contributed by atoms with van der Waals surface area (Å²) in [5, 5.41) is 0. The van der Waals surface area contributed by atoms with Crippen molar-refractivity contribution in [1.29, 1.82) is 0 Å². The molecule has 2 atom stereocenters. The van der Waals surface area contributed by atoms with Gasteiger partial charge in [0.2, 0.25) is 0 Å². The molecule has 26 heavy (non-hydrogen) atoms. The molecule has 0 aromatic heterocycles. The molecule has 6 heteroatoms. The van der Waals surface area contributed by atoms with Crippen molar-refractivity contribution in [1.82, 2.24) is 4.90 Å². The van der Waals surface area contributed by atoms with Crippen LogP contribution in [0.4, 0.5) is 4.79 Å². The Hall–Kier alpha value is -1.53. The highest BCUT2D eigenvalue weighted by Gasteiger charge is 2.57. The first kappa shape index (κ1) is 19.2. The number of benzene rings is 1. The molecule has 0 aliphatic carbocycles. The molecule has 2 aliphatic heterocycles. The topological polar surface area (TPSA) is 48.0 Å². The third kappa shape index (κ3) is 3.49. The van der Waals surface area contributed by atoms with Crippen LogP contribution in [0.1, 0.15) is 59.6 Å². The monoisotopic (exact) mass is 359 g/mol. The van der Waals surface area contributed by atoms with Gasteiger partial charge in [-0.3, -0.25) is 4.90 Å². The van der Waals surface area contributed by atoms with Crippen molar-refractivity contribution in [3.05, 3.63) is 35.9 Å². The second kappa shape index (κ2) is 6.89. The molecule has 2 heterocycles. The van der Waals surface area contributed by atoms with Crippen molar-refractivity contribution >= 4 is 13.2 Å². The van der Waals surface area contributed by atoms with E-state index in [1.54, 1.807) is 0 Å². The van der Waals surface area contributed by atoms with E-state index in [-0.39, 0.29) is 18.1 Å². The van der Waals surface area contributed by atoms with E-state index < -0.39 is 18.3 Å². The zero-order chi connectivity index (χ0) is 19.1. The van der Waals surface area contributed by atoms with E-state index in [1.165, 1.54) is 0 Å². The smallest absolute Gasteiger partial charge is 0.447 e. The number of carbonyl (C=O) groups excluding carboxylic acids is 1. The molecule has 2 fully saturated rings. The van der Waals surface area contributed by atoms with E-state index in [2.05, 4.69) is 13.8 Å². The summed E-state index contributed by atoms with van der Waals surface area (Å²) >= 11 is 0. The van der Waals surface area contributed by atoms with Gasteiger partial charge in [-0.1, -0.05) is 44.2 Å². The maximum atomic E-state index is 12.7. The molecule has 0 spiro atoms. The molecule has 0 radical (unpaired) electrons. The predicted molar refractivity (Wildman–Crippen MR) is 102 cm³/mol. The first-order valence-electron chi connectivity index (χ1n) is 9.48. The highest BCUT2D eigenvalue weighted by atomic mass is 16.7. The van der Waals surface area contributed by atoms with Crippen molar-refractivity contribution in [2.75, 3.05) is 6.61 Å². The molecule has 5 nitrogen and oxygen atoms in total. The summed E-state index contributed by atoms with van der Waals surface area (Å²) < 4.78 is 18.0. The van der Waals surface area contributed by atoms with Crippen LogP contribution in [-0.4, -0.2) is 41.9 Å². The zero-order valence-corrected chi connectivity index (χ0v) is 16.7. The Balaban J connectivity index is 1.93. The van der Waals surface area contributed by atoms with Gasteiger partial charge in [0.15, 0.2) is 0 Å². The normalized spacial score (nSPS) is 25.7. The van der Waals surface area contributed by atoms with E-state index in [1.807, 2.05) is 62.9 Å². The van der Waals surface area contributed by atoms with Gasteiger partial charge >= 0.3 is 13.2 Å². The van der Waals surface area contributed by atoms with E-state index in [9.17, 15) is 4.79 Å². The summed E-state index contributed by atoms with van der Waals surface area (Å²) in [6, 6.07) is 9.91. The second-order valence-electron chi connectivity index (χ2n) is 8.73. The summed E-state index contributed by atoms with van der Waals surface area (Å²) in [5.41, 5.74) is 0.209. The lowest BCUT2D eigenvalue weighted by Gasteiger charge is -2.33. The van der Waals surface area contributed by atoms with Crippen LogP contribution in [0.25, 0.3) is 0 Å². The number of hydrogen-bond donors (Lipinski definition) is 0. The van der Waals surface area contributed by atoms with Crippen LogP contribution < -0.4 is 0 Å². The van der Waals surface area contributed by atoms with Crippen LogP contribution >= 0.6 is 0 Å². The Kier molecular flexibility index (Phi) is 5.10. The largest absolute Gasteiger partial charge is 0.482 e. The number of nitrogens with zero attached hydrogens (tertiary/aromatic N) is 1. The molecule has 142 valence electrons. The van der Waals surface area contributed by atoms with Crippen LogP contribution in [0.15, 0.2) is 30.3 Å². The fourth-order valence-corrected chi connectivity index (χ4v) is 3.62. The van der Waals surface area contributed by atoms with Gasteiger partial charge in [0.1, 0.15) is 6.61 Å². The Morgan fingerprint density at radius 1 is 1.12 bits per heavy atom. The Morgan fingerprint density at radius 3 is 2.23 bits per heavy atom. The minimum Gasteiger partial charge on any atom is -0.447 e. The van der Waals surface area contributed by atoms with Gasteiger partial charge in [0.05, 0.1) is 23.2 Å². The van der Waals surface area contributed by atoms with Crippen LogP contribution in [0, 0.1) is 5.92 Å². The average Bonchev–Trinajstić information content (AvgIpc) is 3.03. The second-order valence-corrected chi connectivity index (χ2v) is 8.73. The number of hydrogen-bond acceptors (Lipinski definition) is 4. The first-order valence-corrected chi connectivity index (χ1v) is 9.48. The van der Waals surface area contributed by atoms with Gasteiger partial charge in [-0.25, -0.2) is 4.79 Å². The maximum absolute atomic E-state index is 12.7. The molecule has 3 rings (SSSR count). The summed E-state index contributed by atoms with van der Waals surface area (Å²) in [7, 11) is -0.473. The first-order chi connectivity index (χ1) is 12.1. The quantitative estimate of drug-likeness (QED) is 0.739. The van der Waals surface area contributed by atoms with Crippen LogP contribution in [0.2, 0.25) is 0 Å². The third-order valence-corrected chi connectivity index (χ3v) is 5.75. The van der Waals surface area contributed by atoms with Crippen molar-refractivity contribution in [2.24, 2.45) is 5.92 Å². The molecule has 2 saturated heterocycles. The fourth-order valence-electron chi connectivity index (χ4n) is 3.62. The van der Waals surface area contributed by atoms with Crippen LogP contribution in [0.3, 0.4) is 0 Å². The van der Waals surface area contributed by atoms with Crippen molar-refractivity contribution in [2.45, 2.75) is 71.1 Å². The van der Waals surface area contributed by atoms with Gasteiger partial charge in [-0.15, -0.1) is 0 Å². The lowest BCUT2D eigenvalue weighted by Crippen LogP contribution is -2.50. The summed E-state index contributed by atoms with van der Waals surface area (Å²) in [6.45, 7) is 12.8. The number of amides is 1. The number of rotatable bonds is 5. The molecular weight excluding hydrogens is 329 g/mol. The summed E-state index contributed by atoms with van der Waals surface area (Å²) in [5.74, 6) is 0.195. The van der Waals surface area contributed by atoms with E-state index in [4.69, 9.17) is 14.0 Å². The Bertz CT molecular complexity index is 630. The molecule has 1 aromatic rings. The molecule has 1 amide bonds. The van der Waals surface area contributed by atoms with Gasteiger partial charge in [0.25, 0.3) is 0 Å². The summed E-state index contributed by atoms with van der Waals surface area (Å²) in [4.78, 5) is 14.5. The molecule has 0 bridgehead atoms. The van der Waals surface area contributed by atoms with E-state index in [0.717, 1.165) is 12.0 Å². The van der Waals surface area contributed by atoms with Crippen molar-refractivity contribution < 1.29 is 18.8 Å². The van der Waals surface area contributed by atoms with Crippen LogP contribution in [0.5, 0.6) is 0 Å². The van der Waals surface area contributed by atoms with Gasteiger partial charge in [0, 0.05) is 0 Å². The minimum atomic E-state index is -0.473. The van der Waals surface area contributed by atoms with E-state index >= 15 is 0 Å². The zero-order valence-electron chi connectivity index (χ0n) is 16.7. The molecule has 2 aliphatic rings. The number of cyclic esters (lactones) is 1. The maximum Gasteiger partial charge on any atom is 0.482 e. The lowest BCUT2D eigenvalue weighted by atomic mass is 9.72. The number of ether oxygens (including phenoxy) is 1. The average molecular weight is 359 g/mol.